The summed E-state index contributed by atoms with van der Waals surface area (Å²) in [5, 5.41) is 0. The van der Waals surface area contributed by atoms with Gasteiger partial charge < -0.3 is 4.90 Å². The van der Waals surface area contributed by atoms with Crippen LogP contribution in [0.15, 0.2) is 104 Å². The maximum Gasteiger partial charge on any atom is 0.162 e. The summed E-state index contributed by atoms with van der Waals surface area (Å²) in [6.07, 6.45) is 6.52. The van der Waals surface area contributed by atoms with Crippen LogP contribution in [0.2, 0.25) is 0 Å². The highest BCUT2D eigenvalue weighted by atomic mass is 15.1. The zero-order valence-corrected chi connectivity index (χ0v) is 17.5. The molecular weight excluding hydrogens is 396 g/mol. The molecule has 2 heterocycles. The van der Waals surface area contributed by atoms with Crippen LogP contribution in [0, 0.1) is 6.92 Å². The maximum absolute atomic E-state index is 4.35. The van der Waals surface area contributed by atoms with Gasteiger partial charge in [-0.15, -0.1) is 0 Å². The largest absolute Gasteiger partial charge is 0.311 e. The van der Waals surface area contributed by atoms with E-state index in [2.05, 4.69) is 85.3 Å². The van der Waals surface area contributed by atoms with E-state index in [1.807, 2.05) is 30.3 Å². The van der Waals surface area contributed by atoms with Gasteiger partial charge in [0.1, 0.15) is 12.7 Å². The highest BCUT2D eigenvalue weighted by Gasteiger charge is 2.13. The molecular formula is C26H20N6. The number of hydrogen-bond donors (Lipinski definition) is 0. The Bertz CT molecular complexity index is 1200. The fourth-order valence-corrected chi connectivity index (χ4v) is 3.50. The molecule has 0 aliphatic rings. The molecule has 0 aliphatic carbocycles. The second-order valence-corrected chi connectivity index (χ2v) is 7.30. The number of anilines is 3. The van der Waals surface area contributed by atoms with Gasteiger partial charge in [-0.05, 0) is 73.7 Å². The molecule has 0 spiro atoms. The van der Waals surface area contributed by atoms with E-state index in [4.69, 9.17) is 0 Å². The third-order valence-corrected chi connectivity index (χ3v) is 5.12. The lowest BCUT2D eigenvalue weighted by Gasteiger charge is -2.26. The number of aromatic nitrogens is 5. The van der Waals surface area contributed by atoms with Crippen LogP contribution in [-0.2, 0) is 0 Å². The van der Waals surface area contributed by atoms with E-state index in [1.54, 1.807) is 12.4 Å². The number of aryl methyl sites for hydroxylation is 1. The minimum atomic E-state index is 0.653. The Balaban J connectivity index is 1.53. The molecule has 0 fully saturated rings. The van der Waals surface area contributed by atoms with Crippen LogP contribution < -0.4 is 4.90 Å². The van der Waals surface area contributed by atoms with Crippen LogP contribution in [0.3, 0.4) is 0 Å². The first kappa shape index (κ1) is 19.5. The zero-order valence-electron chi connectivity index (χ0n) is 17.5. The molecule has 0 amide bonds. The lowest BCUT2D eigenvalue weighted by atomic mass is 10.1. The molecule has 0 saturated heterocycles. The van der Waals surface area contributed by atoms with Gasteiger partial charge in [-0.2, -0.15) is 0 Å². The molecule has 0 radical (unpaired) electrons. The molecule has 5 rings (SSSR count). The van der Waals surface area contributed by atoms with Gasteiger partial charge in [0, 0.05) is 40.6 Å². The molecule has 6 heteroatoms. The fourth-order valence-electron chi connectivity index (χ4n) is 3.50. The monoisotopic (exact) mass is 416 g/mol. The van der Waals surface area contributed by atoms with Crippen LogP contribution in [-0.4, -0.2) is 24.9 Å². The lowest BCUT2D eigenvalue weighted by Crippen LogP contribution is -2.10. The number of benzene rings is 3. The average Bonchev–Trinajstić information content (AvgIpc) is 2.87. The van der Waals surface area contributed by atoms with Gasteiger partial charge in [-0.3, -0.25) is 0 Å². The van der Waals surface area contributed by atoms with Crippen LogP contribution in [0.25, 0.3) is 22.8 Å². The van der Waals surface area contributed by atoms with Crippen molar-refractivity contribution in [3.05, 3.63) is 109 Å². The third-order valence-electron chi connectivity index (χ3n) is 5.12. The second kappa shape index (κ2) is 8.73. The third kappa shape index (κ3) is 4.06. The van der Waals surface area contributed by atoms with Gasteiger partial charge >= 0.3 is 0 Å². The van der Waals surface area contributed by atoms with Crippen molar-refractivity contribution in [3.8, 4) is 22.8 Å². The minimum absolute atomic E-state index is 0.653. The van der Waals surface area contributed by atoms with Gasteiger partial charge in [0.2, 0.25) is 0 Å². The first-order chi connectivity index (χ1) is 15.8. The lowest BCUT2D eigenvalue weighted by molar-refractivity contribution is 1.06. The summed E-state index contributed by atoms with van der Waals surface area (Å²) in [5.41, 5.74) is 6.29. The molecule has 0 atom stereocenters. The highest BCUT2D eigenvalue weighted by molar-refractivity contribution is 5.78. The Morgan fingerprint density at radius 1 is 0.531 bits per heavy atom. The molecule has 6 nitrogen and oxygen atoms in total. The summed E-state index contributed by atoms with van der Waals surface area (Å²) in [6, 6.07) is 26.8. The first-order valence-electron chi connectivity index (χ1n) is 10.2. The molecule has 0 N–H and O–H groups in total. The molecule has 3 aromatic carbocycles. The predicted octanol–water partition coefficient (Wildman–Crippen LogP) is 5.77. The molecule has 32 heavy (non-hydrogen) atoms. The van der Waals surface area contributed by atoms with Crippen LogP contribution in [0.4, 0.5) is 17.1 Å². The molecule has 2 aromatic heterocycles. The smallest absolute Gasteiger partial charge is 0.162 e. The first-order valence-corrected chi connectivity index (χ1v) is 10.2. The van der Waals surface area contributed by atoms with E-state index >= 15 is 0 Å². The number of rotatable bonds is 5. The van der Waals surface area contributed by atoms with E-state index in [1.165, 1.54) is 18.2 Å². The fraction of sp³-hybridized carbons (Fsp3) is 0.0385. The van der Waals surface area contributed by atoms with Gasteiger partial charge in [0.25, 0.3) is 0 Å². The van der Waals surface area contributed by atoms with Crippen molar-refractivity contribution in [2.24, 2.45) is 0 Å². The predicted molar refractivity (Wildman–Crippen MR) is 126 cm³/mol. The summed E-state index contributed by atoms with van der Waals surface area (Å²) in [5.74, 6) is 1.36. The standard InChI is InChI=1S/C26H20N6/c1-19-3-9-22(10-4-19)32(23-11-5-20(6-12-23)25-28-15-2-16-29-25)24-13-7-21(8-14-24)26-30-17-27-18-31-26/h2-18H,1H3. The molecule has 5 aromatic rings. The summed E-state index contributed by atoms with van der Waals surface area (Å²) in [7, 11) is 0. The van der Waals surface area contributed by atoms with Crippen molar-refractivity contribution >= 4 is 17.1 Å². The Morgan fingerprint density at radius 2 is 0.969 bits per heavy atom. The Kier molecular flexibility index (Phi) is 5.32. The van der Waals surface area contributed by atoms with E-state index in [9.17, 15) is 0 Å². The van der Waals surface area contributed by atoms with Crippen LogP contribution in [0.5, 0.6) is 0 Å². The van der Waals surface area contributed by atoms with E-state index in [0.29, 0.717) is 11.6 Å². The summed E-state index contributed by atoms with van der Waals surface area (Å²) in [6.45, 7) is 2.09. The summed E-state index contributed by atoms with van der Waals surface area (Å²) >= 11 is 0. The van der Waals surface area contributed by atoms with E-state index in [0.717, 1.165) is 28.2 Å². The topological polar surface area (TPSA) is 67.7 Å². The van der Waals surface area contributed by atoms with Crippen molar-refractivity contribution in [2.45, 2.75) is 6.92 Å². The normalized spacial score (nSPS) is 10.7. The Morgan fingerprint density at radius 3 is 1.47 bits per heavy atom. The summed E-state index contributed by atoms with van der Waals surface area (Å²) in [4.78, 5) is 23.3. The van der Waals surface area contributed by atoms with Crippen molar-refractivity contribution in [3.63, 3.8) is 0 Å². The van der Waals surface area contributed by atoms with Gasteiger partial charge in [0.15, 0.2) is 11.6 Å². The van der Waals surface area contributed by atoms with Gasteiger partial charge in [-0.25, -0.2) is 24.9 Å². The molecule has 0 bridgehead atoms. The van der Waals surface area contributed by atoms with Gasteiger partial charge in [0.05, 0.1) is 0 Å². The van der Waals surface area contributed by atoms with Crippen molar-refractivity contribution in [1.29, 1.82) is 0 Å². The SMILES string of the molecule is Cc1ccc(N(c2ccc(-c3ncccn3)cc2)c2ccc(-c3ncncn3)cc2)cc1. The van der Waals surface area contributed by atoms with Crippen molar-refractivity contribution in [2.75, 3.05) is 4.90 Å². The molecule has 154 valence electrons. The minimum Gasteiger partial charge on any atom is -0.311 e. The number of hydrogen-bond acceptors (Lipinski definition) is 6. The van der Waals surface area contributed by atoms with E-state index in [-0.39, 0.29) is 0 Å². The second-order valence-electron chi connectivity index (χ2n) is 7.30. The van der Waals surface area contributed by atoms with Crippen molar-refractivity contribution in [1.82, 2.24) is 24.9 Å². The molecule has 0 unspecified atom stereocenters. The average molecular weight is 416 g/mol. The van der Waals surface area contributed by atoms with Crippen LogP contribution in [0.1, 0.15) is 5.56 Å². The Hall–Kier alpha value is -4.45. The molecule has 0 aliphatic heterocycles. The number of nitrogens with zero attached hydrogens (tertiary/aromatic N) is 6. The van der Waals surface area contributed by atoms with Crippen molar-refractivity contribution < 1.29 is 0 Å². The Labute approximate surface area is 186 Å². The highest BCUT2D eigenvalue weighted by Crippen LogP contribution is 2.36. The zero-order chi connectivity index (χ0) is 21.8. The van der Waals surface area contributed by atoms with E-state index < -0.39 is 0 Å². The quantitative estimate of drug-likeness (QED) is 0.362. The van der Waals surface area contributed by atoms with Gasteiger partial charge in [-0.1, -0.05) is 17.7 Å². The maximum atomic E-state index is 4.35. The summed E-state index contributed by atoms with van der Waals surface area (Å²) < 4.78 is 0. The molecule has 0 saturated carbocycles. The van der Waals surface area contributed by atoms with Crippen LogP contribution >= 0.6 is 0 Å².